The van der Waals surface area contributed by atoms with Gasteiger partial charge in [-0.3, -0.25) is 4.90 Å². The first-order chi connectivity index (χ1) is 10.1. The molecule has 0 amide bonds. The summed E-state index contributed by atoms with van der Waals surface area (Å²) in [5.74, 6) is 0. The van der Waals surface area contributed by atoms with Crippen molar-refractivity contribution in [1.82, 2.24) is 9.80 Å². The number of rotatable bonds is 3. The minimum absolute atomic E-state index is 0.0838. The third-order valence-corrected chi connectivity index (χ3v) is 4.60. The van der Waals surface area contributed by atoms with Crippen LogP contribution < -0.4 is 5.73 Å². The van der Waals surface area contributed by atoms with Gasteiger partial charge in [0.1, 0.15) is 0 Å². The summed E-state index contributed by atoms with van der Waals surface area (Å²) in [5, 5.41) is 2.55. The molecule has 0 saturated carbocycles. The van der Waals surface area contributed by atoms with Crippen LogP contribution in [0.2, 0.25) is 0 Å². The molecule has 0 bridgehead atoms. The number of hydrogen-bond donors (Lipinski definition) is 1. The second-order valence-electron chi connectivity index (χ2n) is 6.32. The predicted octanol–water partition coefficient (Wildman–Crippen LogP) is 2.48. The fourth-order valence-corrected chi connectivity index (χ4v) is 3.25. The number of nitrogens with zero attached hydrogens (tertiary/aromatic N) is 2. The Labute approximate surface area is 127 Å². The molecule has 112 valence electrons. The first-order valence-electron chi connectivity index (χ1n) is 7.80. The van der Waals surface area contributed by atoms with Gasteiger partial charge in [-0.25, -0.2) is 0 Å². The molecule has 0 spiro atoms. The Kier molecular flexibility index (Phi) is 4.24. The lowest BCUT2D eigenvalue weighted by atomic mass is 10.0. The van der Waals surface area contributed by atoms with Crippen molar-refractivity contribution in [3.63, 3.8) is 0 Å². The van der Waals surface area contributed by atoms with E-state index < -0.39 is 0 Å². The van der Waals surface area contributed by atoms with Crippen LogP contribution in [0.3, 0.4) is 0 Å². The minimum Gasteiger partial charge on any atom is -0.323 e. The minimum atomic E-state index is 0.0838. The van der Waals surface area contributed by atoms with Gasteiger partial charge in [0.05, 0.1) is 0 Å². The van der Waals surface area contributed by atoms with E-state index in [0.29, 0.717) is 6.04 Å². The van der Waals surface area contributed by atoms with Crippen LogP contribution in [0, 0.1) is 0 Å². The number of piperazine rings is 1. The molecular formula is C18H25N3. The van der Waals surface area contributed by atoms with Gasteiger partial charge in [0.15, 0.2) is 0 Å². The van der Waals surface area contributed by atoms with Crippen LogP contribution in [0.4, 0.5) is 0 Å². The molecule has 0 radical (unpaired) electrons. The van der Waals surface area contributed by atoms with Crippen LogP contribution in [0.1, 0.15) is 18.5 Å². The van der Waals surface area contributed by atoms with Crippen LogP contribution >= 0.6 is 0 Å². The predicted molar refractivity (Wildman–Crippen MR) is 89.4 cm³/mol. The highest BCUT2D eigenvalue weighted by molar-refractivity contribution is 5.83. The third-order valence-electron chi connectivity index (χ3n) is 4.60. The molecule has 0 aromatic heterocycles. The Hall–Kier alpha value is -1.42. The van der Waals surface area contributed by atoms with E-state index in [1.54, 1.807) is 0 Å². The van der Waals surface area contributed by atoms with Gasteiger partial charge in [-0.1, -0.05) is 36.4 Å². The average molecular weight is 283 g/mol. The van der Waals surface area contributed by atoms with E-state index in [-0.39, 0.29) is 6.04 Å². The van der Waals surface area contributed by atoms with Crippen molar-refractivity contribution < 1.29 is 0 Å². The molecule has 1 aliphatic heterocycles. The number of likely N-dealkylation sites (N-methyl/N-ethyl adjacent to an activating group) is 1. The van der Waals surface area contributed by atoms with E-state index in [4.69, 9.17) is 5.73 Å². The molecule has 2 unspecified atom stereocenters. The molecule has 3 rings (SSSR count). The molecule has 2 N–H and O–H groups in total. The fraction of sp³-hybridized carbons (Fsp3) is 0.444. The average Bonchev–Trinajstić information content (AvgIpc) is 2.49. The first kappa shape index (κ1) is 14.5. The highest BCUT2D eigenvalue weighted by atomic mass is 15.3. The summed E-state index contributed by atoms with van der Waals surface area (Å²) in [6, 6.07) is 15.7. The van der Waals surface area contributed by atoms with Crippen molar-refractivity contribution in [3.05, 3.63) is 48.0 Å². The molecular weight excluding hydrogens is 258 g/mol. The van der Waals surface area contributed by atoms with Crippen molar-refractivity contribution in [1.29, 1.82) is 0 Å². The number of benzene rings is 2. The van der Waals surface area contributed by atoms with Gasteiger partial charge in [-0.15, -0.1) is 0 Å². The van der Waals surface area contributed by atoms with Crippen molar-refractivity contribution >= 4 is 10.8 Å². The second kappa shape index (κ2) is 6.14. The van der Waals surface area contributed by atoms with Crippen LogP contribution in [-0.4, -0.2) is 49.1 Å². The van der Waals surface area contributed by atoms with E-state index in [1.807, 2.05) is 0 Å². The summed E-state index contributed by atoms with van der Waals surface area (Å²) in [6.45, 7) is 6.61. The highest BCUT2D eigenvalue weighted by Gasteiger charge is 2.23. The fourth-order valence-electron chi connectivity index (χ4n) is 3.25. The van der Waals surface area contributed by atoms with Gasteiger partial charge >= 0.3 is 0 Å². The normalized spacial score (nSPS) is 22.5. The van der Waals surface area contributed by atoms with Gasteiger partial charge < -0.3 is 10.6 Å². The maximum atomic E-state index is 6.46. The molecule has 3 heteroatoms. The van der Waals surface area contributed by atoms with Crippen molar-refractivity contribution in [2.75, 3.05) is 33.2 Å². The summed E-state index contributed by atoms with van der Waals surface area (Å²) in [7, 11) is 2.19. The molecule has 3 nitrogen and oxygen atoms in total. The van der Waals surface area contributed by atoms with Gasteiger partial charge in [0, 0.05) is 38.3 Å². The van der Waals surface area contributed by atoms with E-state index in [9.17, 15) is 0 Å². The molecule has 1 fully saturated rings. The quantitative estimate of drug-likeness (QED) is 0.939. The summed E-state index contributed by atoms with van der Waals surface area (Å²) in [4.78, 5) is 4.91. The zero-order valence-corrected chi connectivity index (χ0v) is 13.0. The summed E-state index contributed by atoms with van der Waals surface area (Å²) in [6.07, 6.45) is 0. The van der Waals surface area contributed by atoms with Crippen molar-refractivity contribution in [2.24, 2.45) is 5.73 Å². The lowest BCUT2D eigenvalue weighted by molar-refractivity contribution is 0.0945. The van der Waals surface area contributed by atoms with E-state index in [2.05, 4.69) is 66.2 Å². The zero-order valence-electron chi connectivity index (χ0n) is 13.0. The molecule has 2 atom stereocenters. The monoisotopic (exact) mass is 283 g/mol. The Morgan fingerprint density at radius 1 is 1.14 bits per heavy atom. The molecule has 0 aliphatic carbocycles. The van der Waals surface area contributed by atoms with E-state index >= 15 is 0 Å². The molecule has 1 aliphatic rings. The standard InChI is InChI=1S/C18H25N3/c1-14-12-20(2)9-10-21(14)13-18(19)17-8-7-15-5-3-4-6-16(15)11-17/h3-8,11,14,18H,9-10,12-13,19H2,1-2H3. The molecule has 1 heterocycles. The zero-order chi connectivity index (χ0) is 14.8. The number of fused-ring (bicyclic) bond motifs is 1. The van der Waals surface area contributed by atoms with Crippen LogP contribution in [-0.2, 0) is 0 Å². The molecule has 2 aromatic carbocycles. The van der Waals surface area contributed by atoms with Gasteiger partial charge in [-0.05, 0) is 36.4 Å². The Bertz CT molecular complexity index is 610. The Morgan fingerprint density at radius 2 is 1.90 bits per heavy atom. The maximum absolute atomic E-state index is 6.46. The topological polar surface area (TPSA) is 32.5 Å². The first-order valence-corrected chi connectivity index (χ1v) is 7.80. The Balaban J connectivity index is 1.73. The molecule has 21 heavy (non-hydrogen) atoms. The van der Waals surface area contributed by atoms with Crippen molar-refractivity contribution in [3.8, 4) is 0 Å². The van der Waals surface area contributed by atoms with E-state index in [0.717, 1.165) is 26.2 Å². The molecule has 1 saturated heterocycles. The van der Waals surface area contributed by atoms with Gasteiger partial charge in [0.2, 0.25) is 0 Å². The summed E-state index contributed by atoms with van der Waals surface area (Å²) in [5.41, 5.74) is 7.69. The Morgan fingerprint density at radius 3 is 2.67 bits per heavy atom. The molecule has 2 aromatic rings. The smallest absolute Gasteiger partial charge is 0.0424 e. The van der Waals surface area contributed by atoms with Crippen LogP contribution in [0.15, 0.2) is 42.5 Å². The summed E-state index contributed by atoms with van der Waals surface area (Å²) >= 11 is 0. The SMILES string of the molecule is CC1CN(C)CCN1CC(N)c1ccc2ccccc2c1. The van der Waals surface area contributed by atoms with Gasteiger partial charge in [0.25, 0.3) is 0 Å². The number of hydrogen-bond acceptors (Lipinski definition) is 3. The third kappa shape index (κ3) is 3.26. The van der Waals surface area contributed by atoms with E-state index in [1.165, 1.54) is 16.3 Å². The maximum Gasteiger partial charge on any atom is 0.0424 e. The second-order valence-corrected chi connectivity index (χ2v) is 6.32. The van der Waals surface area contributed by atoms with Crippen LogP contribution in [0.25, 0.3) is 10.8 Å². The van der Waals surface area contributed by atoms with Crippen molar-refractivity contribution in [2.45, 2.75) is 19.0 Å². The van der Waals surface area contributed by atoms with Gasteiger partial charge in [-0.2, -0.15) is 0 Å². The summed E-state index contributed by atoms with van der Waals surface area (Å²) < 4.78 is 0. The lowest BCUT2D eigenvalue weighted by Gasteiger charge is -2.39. The lowest BCUT2D eigenvalue weighted by Crippen LogP contribution is -2.52. The van der Waals surface area contributed by atoms with Crippen LogP contribution in [0.5, 0.6) is 0 Å². The largest absolute Gasteiger partial charge is 0.323 e. The highest BCUT2D eigenvalue weighted by Crippen LogP contribution is 2.21. The number of nitrogens with two attached hydrogens (primary N) is 1.